The van der Waals surface area contributed by atoms with E-state index < -0.39 is 21.8 Å². The molecule has 0 fully saturated rings. The number of hydrogen-bond acceptors (Lipinski definition) is 6. The van der Waals surface area contributed by atoms with Crippen molar-refractivity contribution in [3.05, 3.63) is 59.5 Å². The van der Waals surface area contributed by atoms with E-state index in [1.165, 1.54) is 49.4 Å². The highest BCUT2D eigenvalue weighted by molar-refractivity contribution is 7.89. The van der Waals surface area contributed by atoms with Gasteiger partial charge in [-0.05, 0) is 61.7 Å². The second-order valence-corrected chi connectivity index (χ2v) is 11.0. The fourth-order valence-electron chi connectivity index (χ4n) is 3.35. The molecule has 0 aliphatic rings. The minimum atomic E-state index is -4.12. The number of carboxylic acids is 1. The summed E-state index contributed by atoms with van der Waals surface area (Å²) in [5.74, 6) is -2.54. The van der Waals surface area contributed by atoms with Gasteiger partial charge >= 0.3 is 5.97 Å². The average Bonchev–Trinajstić information content (AvgIpc) is 3.19. The van der Waals surface area contributed by atoms with Crippen molar-refractivity contribution in [2.45, 2.75) is 45.9 Å². The molecule has 0 spiro atoms. The number of ether oxygens (including phenoxy) is 1. The molecule has 0 saturated heterocycles. The topological polar surface area (TPSA) is 140 Å². The molecule has 3 rings (SSSR count). The van der Waals surface area contributed by atoms with E-state index in [1.54, 1.807) is 6.92 Å². The number of carboxylic acid groups (broad SMARTS) is 1. The molecule has 38 heavy (non-hydrogen) atoms. The molecule has 3 aromatic rings. The molecular weight excluding hydrogens is 515 g/mol. The molecule has 1 unspecified atom stereocenters. The lowest BCUT2D eigenvalue weighted by atomic mass is 10.1. The van der Waals surface area contributed by atoms with Crippen LogP contribution in [0.3, 0.4) is 0 Å². The van der Waals surface area contributed by atoms with Gasteiger partial charge in [-0.2, -0.15) is 9.78 Å². The van der Waals surface area contributed by atoms with E-state index in [2.05, 4.69) is 15.1 Å². The van der Waals surface area contributed by atoms with Crippen molar-refractivity contribution in [1.82, 2.24) is 14.5 Å². The molecular formula is C26H31FN4O6S. The van der Waals surface area contributed by atoms with E-state index in [1.807, 2.05) is 20.8 Å². The molecule has 0 saturated carbocycles. The zero-order chi connectivity index (χ0) is 28.2. The molecule has 1 atom stereocenters. The Morgan fingerprint density at radius 3 is 2.37 bits per heavy atom. The number of nitrogens with zero attached hydrogens (tertiary/aromatic N) is 2. The maximum Gasteiger partial charge on any atom is 0.356 e. The Morgan fingerprint density at radius 1 is 1.13 bits per heavy atom. The first kappa shape index (κ1) is 28.8. The van der Waals surface area contributed by atoms with Gasteiger partial charge in [-0.1, -0.05) is 27.7 Å². The first-order valence-corrected chi connectivity index (χ1v) is 13.5. The molecule has 3 N–H and O–H groups in total. The van der Waals surface area contributed by atoms with Gasteiger partial charge in [0.05, 0.1) is 5.69 Å². The van der Waals surface area contributed by atoms with Crippen LogP contribution in [0.1, 0.15) is 50.2 Å². The van der Waals surface area contributed by atoms with E-state index in [0.717, 1.165) is 4.68 Å². The number of amides is 1. The second-order valence-electron chi connectivity index (χ2n) is 9.28. The predicted octanol–water partition coefficient (Wildman–Crippen LogP) is 4.73. The molecule has 2 aromatic carbocycles. The fraction of sp³-hybridized carbons (Fsp3) is 0.346. The van der Waals surface area contributed by atoms with Crippen LogP contribution in [-0.2, 0) is 14.8 Å². The number of aromatic carboxylic acids is 1. The largest absolute Gasteiger partial charge is 0.476 e. The number of hydrogen-bond donors (Lipinski definition) is 3. The van der Waals surface area contributed by atoms with E-state index >= 15 is 0 Å². The lowest BCUT2D eigenvalue weighted by Gasteiger charge is -2.17. The number of carbonyl (C=O) groups is 2. The van der Waals surface area contributed by atoms with Gasteiger partial charge in [0.1, 0.15) is 16.5 Å². The highest BCUT2D eigenvalue weighted by Gasteiger charge is 2.27. The van der Waals surface area contributed by atoms with E-state index in [9.17, 15) is 27.5 Å². The highest BCUT2D eigenvalue weighted by Crippen LogP contribution is 2.35. The summed E-state index contributed by atoms with van der Waals surface area (Å²) in [7, 11) is -4.12. The summed E-state index contributed by atoms with van der Waals surface area (Å²) in [4.78, 5) is 24.0. The first-order chi connectivity index (χ1) is 17.8. The molecule has 1 aromatic heterocycles. The highest BCUT2D eigenvalue weighted by atomic mass is 32.2. The maximum absolute atomic E-state index is 13.5. The van der Waals surface area contributed by atoms with E-state index in [4.69, 9.17) is 4.74 Å². The summed E-state index contributed by atoms with van der Waals surface area (Å²) in [5.41, 5.74) is 0.373. The van der Waals surface area contributed by atoms with Crippen molar-refractivity contribution in [3.8, 4) is 17.3 Å². The van der Waals surface area contributed by atoms with Crippen LogP contribution in [0.5, 0.6) is 11.6 Å². The van der Waals surface area contributed by atoms with Gasteiger partial charge in [0.25, 0.3) is 0 Å². The third kappa shape index (κ3) is 6.56. The number of aromatic nitrogens is 2. The van der Waals surface area contributed by atoms with Crippen molar-refractivity contribution >= 4 is 27.6 Å². The first-order valence-electron chi connectivity index (χ1n) is 12.0. The quantitative estimate of drug-likeness (QED) is 0.316. The SMILES string of the molecule is CCC(C)C(=O)Nc1ccc(Oc2c(C)c(C(=O)O)nn2-c2ccc(F)cc2)c(S(=O)(=O)NCC(C)C)c1. The Balaban J connectivity index is 2.14. The van der Waals surface area contributed by atoms with Crippen LogP contribution in [0.25, 0.3) is 5.69 Å². The predicted molar refractivity (Wildman–Crippen MR) is 140 cm³/mol. The summed E-state index contributed by atoms with van der Waals surface area (Å²) < 4.78 is 49.8. The summed E-state index contributed by atoms with van der Waals surface area (Å²) in [5, 5.41) is 16.4. The summed E-state index contributed by atoms with van der Waals surface area (Å²) in [6, 6.07) is 9.27. The van der Waals surface area contributed by atoms with Crippen molar-refractivity contribution in [2.75, 3.05) is 11.9 Å². The third-order valence-electron chi connectivity index (χ3n) is 5.79. The van der Waals surface area contributed by atoms with Crippen LogP contribution in [0, 0.1) is 24.6 Å². The van der Waals surface area contributed by atoms with Gasteiger partial charge in [0.2, 0.25) is 21.8 Å². The van der Waals surface area contributed by atoms with Gasteiger partial charge in [-0.3, -0.25) is 4.79 Å². The molecule has 0 radical (unpaired) electrons. The van der Waals surface area contributed by atoms with E-state index in [-0.39, 0.29) is 57.8 Å². The Bertz CT molecular complexity index is 1430. The summed E-state index contributed by atoms with van der Waals surface area (Å²) >= 11 is 0. The molecule has 10 nitrogen and oxygen atoms in total. The number of anilines is 1. The molecule has 204 valence electrons. The summed E-state index contributed by atoms with van der Waals surface area (Å²) in [6.07, 6.45) is 0.604. The number of benzene rings is 2. The Morgan fingerprint density at radius 2 is 1.79 bits per heavy atom. The minimum Gasteiger partial charge on any atom is -0.476 e. The van der Waals surface area contributed by atoms with Crippen LogP contribution in [-0.4, -0.2) is 41.7 Å². The fourth-order valence-corrected chi connectivity index (χ4v) is 4.72. The Labute approximate surface area is 220 Å². The Kier molecular flexibility index (Phi) is 8.89. The minimum absolute atomic E-state index is 0.0164. The monoisotopic (exact) mass is 546 g/mol. The zero-order valence-electron chi connectivity index (χ0n) is 21.8. The molecule has 0 bridgehead atoms. The van der Waals surface area contributed by atoms with Gasteiger partial charge in [0.15, 0.2) is 5.69 Å². The lowest BCUT2D eigenvalue weighted by molar-refractivity contribution is -0.119. The second kappa shape index (κ2) is 11.7. The third-order valence-corrected chi connectivity index (χ3v) is 7.24. The van der Waals surface area contributed by atoms with Crippen molar-refractivity contribution in [1.29, 1.82) is 0 Å². The van der Waals surface area contributed by atoms with Crippen molar-refractivity contribution in [2.24, 2.45) is 11.8 Å². The van der Waals surface area contributed by atoms with Gasteiger partial charge in [-0.25, -0.2) is 22.3 Å². The van der Waals surface area contributed by atoms with Crippen LogP contribution < -0.4 is 14.8 Å². The number of sulfonamides is 1. The molecule has 1 amide bonds. The molecule has 12 heteroatoms. The van der Waals surface area contributed by atoms with Crippen LogP contribution in [0.2, 0.25) is 0 Å². The average molecular weight is 547 g/mol. The molecule has 1 heterocycles. The summed E-state index contributed by atoms with van der Waals surface area (Å²) in [6.45, 7) is 8.94. The standard InChI is InChI=1S/C26H31FN4O6S/c1-6-16(4)24(32)29-19-9-12-21(22(13-19)38(35,36)28-14-15(2)3)37-25-17(5)23(26(33)34)30-31(25)20-10-7-18(27)8-11-20/h7-13,15-16,28H,6,14H2,1-5H3,(H,29,32)(H,33,34). The van der Waals surface area contributed by atoms with Gasteiger partial charge in [-0.15, -0.1) is 0 Å². The van der Waals surface area contributed by atoms with Crippen molar-refractivity contribution < 1.29 is 32.2 Å². The van der Waals surface area contributed by atoms with Crippen LogP contribution in [0.15, 0.2) is 47.4 Å². The number of nitrogens with one attached hydrogen (secondary N) is 2. The van der Waals surface area contributed by atoms with Crippen LogP contribution >= 0.6 is 0 Å². The van der Waals surface area contributed by atoms with Crippen LogP contribution in [0.4, 0.5) is 10.1 Å². The number of rotatable bonds is 11. The smallest absolute Gasteiger partial charge is 0.356 e. The van der Waals surface area contributed by atoms with Crippen molar-refractivity contribution in [3.63, 3.8) is 0 Å². The van der Waals surface area contributed by atoms with Gasteiger partial charge in [0, 0.05) is 23.7 Å². The zero-order valence-corrected chi connectivity index (χ0v) is 22.6. The van der Waals surface area contributed by atoms with Gasteiger partial charge < -0.3 is 15.2 Å². The number of carbonyl (C=O) groups excluding carboxylic acids is 1. The van der Waals surface area contributed by atoms with E-state index in [0.29, 0.717) is 12.1 Å². The molecule has 0 aliphatic heterocycles. The Hall–Kier alpha value is -3.77. The normalized spacial score (nSPS) is 12.4. The number of halogens is 1. The maximum atomic E-state index is 13.5. The lowest BCUT2D eigenvalue weighted by Crippen LogP contribution is -2.28. The molecule has 0 aliphatic carbocycles.